The van der Waals surface area contributed by atoms with Gasteiger partial charge in [-0.15, -0.1) is 0 Å². The highest BCUT2D eigenvalue weighted by Crippen LogP contribution is 2.23. The minimum absolute atomic E-state index is 0.357. The standard InChI is InChI=1S/C12H14BrNO3/c1-7-4-5-11(10(13)6-7)14-12(16)8(2)17-9(3)15/h4-6,8H,1-3H3,(H,14,16)/t8-/m0/s1. The monoisotopic (exact) mass is 299 g/mol. The fourth-order valence-corrected chi connectivity index (χ4v) is 1.85. The minimum atomic E-state index is -0.805. The van der Waals surface area contributed by atoms with E-state index in [1.165, 1.54) is 13.8 Å². The maximum Gasteiger partial charge on any atom is 0.303 e. The van der Waals surface area contributed by atoms with E-state index in [1.807, 2.05) is 19.1 Å². The van der Waals surface area contributed by atoms with Crippen LogP contribution in [0.5, 0.6) is 0 Å². The second kappa shape index (κ2) is 5.82. The van der Waals surface area contributed by atoms with Crippen molar-refractivity contribution in [2.75, 3.05) is 5.32 Å². The molecule has 1 amide bonds. The molecule has 0 radical (unpaired) electrons. The highest BCUT2D eigenvalue weighted by molar-refractivity contribution is 9.10. The SMILES string of the molecule is CC(=O)O[C@@H](C)C(=O)Nc1ccc(C)cc1Br. The number of nitrogens with one attached hydrogen (secondary N) is 1. The summed E-state index contributed by atoms with van der Waals surface area (Å²) in [6, 6.07) is 5.57. The number of carbonyl (C=O) groups excluding carboxylic acids is 2. The third-order valence-electron chi connectivity index (χ3n) is 2.09. The second-order valence-electron chi connectivity index (χ2n) is 3.72. The van der Waals surface area contributed by atoms with E-state index in [1.54, 1.807) is 6.07 Å². The highest BCUT2D eigenvalue weighted by Gasteiger charge is 2.16. The van der Waals surface area contributed by atoms with E-state index in [-0.39, 0.29) is 5.91 Å². The lowest BCUT2D eigenvalue weighted by molar-refractivity contribution is -0.150. The molecule has 0 aromatic heterocycles. The van der Waals surface area contributed by atoms with Crippen LogP contribution in [0.15, 0.2) is 22.7 Å². The number of hydrogen-bond acceptors (Lipinski definition) is 3. The average Bonchev–Trinajstić information content (AvgIpc) is 2.21. The van der Waals surface area contributed by atoms with Gasteiger partial charge in [0.2, 0.25) is 0 Å². The predicted molar refractivity (Wildman–Crippen MR) is 68.7 cm³/mol. The van der Waals surface area contributed by atoms with Crippen molar-refractivity contribution in [2.45, 2.75) is 26.9 Å². The summed E-state index contributed by atoms with van der Waals surface area (Å²) in [6.07, 6.45) is -0.805. The van der Waals surface area contributed by atoms with Gasteiger partial charge in [0.05, 0.1) is 5.69 Å². The van der Waals surface area contributed by atoms with Crippen molar-refractivity contribution in [3.63, 3.8) is 0 Å². The van der Waals surface area contributed by atoms with Gasteiger partial charge >= 0.3 is 5.97 Å². The molecule has 0 saturated carbocycles. The van der Waals surface area contributed by atoms with Gasteiger partial charge in [0.15, 0.2) is 6.10 Å². The Labute approximate surface area is 108 Å². The van der Waals surface area contributed by atoms with Gasteiger partial charge in [-0.1, -0.05) is 6.07 Å². The maximum atomic E-state index is 11.7. The fourth-order valence-electron chi connectivity index (χ4n) is 1.26. The topological polar surface area (TPSA) is 55.4 Å². The molecule has 1 atom stereocenters. The number of halogens is 1. The van der Waals surface area contributed by atoms with Crippen molar-refractivity contribution >= 4 is 33.5 Å². The molecule has 0 heterocycles. The Kier molecular flexibility index (Phi) is 4.69. The number of rotatable bonds is 3. The summed E-state index contributed by atoms with van der Waals surface area (Å²) in [6.45, 7) is 4.75. The van der Waals surface area contributed by atoms with Crippen molar-refractivity contribution in [1.82, 2.24) is 0 Å². The van der Waals surface area contributed by atoms with E-state index >= 15 is 0 Å². The van der Waals surface area contributed by atoms with Crippen LogP contribution in [0, 0.1) is 6.92 Å². The Balaban J connectivity index is 2.71. The van der Waals surface area contributed by atoms with E-state index in [2.05, 4.69) is 21.2 Å². The number of ether oxygens (including phenoxy) is 1. The summed E-state index contributed by atoms with van der Waals surface area (Å²) in [7, 11) is 0. The zero-order valence-corrected chi connectivity index (χ0v) is 11.5. The molecule has 1 aromatic carbocycles. The largest absolute Gasteiger partial charge is 0.453 e. The van der Waals surface area contributed by atoms with Gasteiger partial charge in [-0.05, 0) is 47.5 Å². The normalized spacial score (nSPS) is 11.8. The van der Waals surface area contributed by atoms with E-state index in [9.17, 15) is 9.59 Å². The first-order chi connectivity index (χ1) is 7.90. The number of carbonyl (C=O) groups is 2. The van der Waals surface area contributed by atoms with Crippen molar-refractivity contribution < 1.29 is 14.3 Å². The molecular formula is C12H14BrNO3. The molecular weight excluding hydrogens is 286 g/mol. The van der Waals surface area contributed by atoms with Gasteiger partial charge in [-0.2, -0.15) is 0 Å². The van der Waals surface area contributed by atoms with E-state index < -0.39 is 12.1 Å². The molecule has 4 nitrogen and oxygen atoms in total. The number of hydrogen-bond donors (Lipinski definition) is 1. The highest BCUT2D eigenvalue weighted by atomic mass is 79.9. The van der Waals surface area contributed by atoms with Crippen molar-refractivity contribution in [2.24, 2.45) is 0 Å². The summed E-state index contributed by atoms with van der Waals surface area (Å²) < 4.78 is 5.57. The lowest BCUT2D eigenvalue weighted by Gasteiger charge is -2.13. The number of anilines is 1. The summed E-state index contributed by atoms with van der Waals surface area (Å²) in [4.78, 5) is 22.4. The van der Waals surface area contributed by atoms with Crippen LogP contribution in [-0.4, -0.2) is 18.0 Å². The fraction of sp³-hybridized carbons (Fsp3) is 0.333. The van der Waals surface area contributed by atoms with Crippen molar-refractivity contribution in [3.8, 4) is 0 Å². The Hall–Kier alpha value is -1.36. The first kappa shape index (κ1) is 13.7. The quantitative estimate of drug-likeness (QED) is 0.873. The van der Waals surface area contributed by atoms with Crippen LogP contribution in [0.4, 0.5) is 5.69 Å². The third kappa shape index (κ3) is 4.19. The molecule has 17 heavy (non-hydrogen) atoms. The van der Waals surface area contributed by atoms with Crippen LogP contribution >= 0.6 is 15.9 Å². The maximum absolute atomic E-state index is 11.7. The second-order valence-corrected chi connectivity index (χ2v) is 4.58. The van der Waals surface area contributed by atoms with E-state index in [4.69, 9.17) is 4.74 Å². The molecule has 92 valence electrons. The van der Waals surface area contributed by atoms with E-state index in [0.717, 1.165) is 10.0 Å². The van der Waals surface area contributed by atoms with Crippen LogP contribution in [-0.2, 0) is 14.3 Å². The first-order valence-electron chi connectivity index (χ1n) is 5.14. The molecule has 1 aromatic rings. The van der Waals surface area contributed by atoms with Crippen LogP contribution < -0.4 is 5.32 Å². The molecule has 0 fully saturated rings. The molecule has 0 bridgehead atoms. The Morgan fingerprint density at radius 1 is 1.41 bits per heavy atom. The average molecular weight is 300 g/mol. The molecule has 1 rings (SSSR count). The van der Waals surface area contributed by atoms with Gasteiger partial charge in [0, 0.05) is 11.4 Å². The number of esters is 1. The van der Waals surface area contributed by atoms with Gasteiger partial charge in [-0.3, -0.25) is 9.59 Å². The Morgan fingerprint density at radius 2 is 2.06 bits per heavy atom. The minimum Gasteiger partial charge on any atom is -0.453 e. The summed E-state index contributed by atoms with van der Waals surface area (Å²) in [5.41, 5.74) is 1.74. The Morgan fingerprint density at radius 3 is 2.59 bits per heavy atom. The zero-order valence-electron chi connectivity index (χ0n) is 9.91. The first-order valence-corrected chi connectivity index (χ1v) is 5.93. The smallest absolute Gasteiger partial charge is 0.303 e. The molecule has 1 N–H and O–H groups in total. The molecule has 0 aliphatic rings. The lowest BCUT2D eigenvalue weighted by atomic mass is 10.2. The van der Waals surface area contributed by atoms with Crippen LogP contribution in [0.1, 0.15) is 19.4 Å². The molecule has 0 spiro atoms. The number of aryl methyl sites for hydroxylation is 1. The molecule has 0 unspecified atom stereocenters. The van der Waals surface area contributed by atoms with E-state index in [0.29, 0.717) is 5.69 Å². The number of benzene rings is 1. The van der Waals surface area contributed by atoms with Crippen LogP contribution in [0.2, 0.25) is 0 Å². The summed E-state index contributed by atoms with van der Waals surface area (Å²) in [5.74, 6) is -0.833. The summed E-state index contributed by atoms with van der Waals surface area (Å²) in [5, 5.41) is 2.68. The summed E-state index contributed by atoms with van der Waals surface area (Å²) >= 11 is 3.35. The lowest BCUT2D eigenvalue weighted by Crippen LogP contribution is -2.29. The van der Waals surface area contributed by atoms with Gasteiger partial charge in [0.1, 0.15) is 0 Å². The van der Waals surface area contributed by atoms with Gasteiger partial charge in [0.25, 0.3) is 5.91 Å². The van der Waals surface area contributed by atoms with Crippen molar-refractivity contribution in [3.05, 3.63) is 28.2 Å². The predicted octanol–water partition coefficient (Wildman–Crippen LogP) is 2.65. The Bertz CT molecular complexity index is 445. The molecule has 0 aliphatic heterocycles. The van der Waals surface area contributed by atoms with Crippen LogP contribution in [0.25, 0.3) is 0 Å². The zero-order chi connectivity index (χ0) is 13.0. The molecule has 5 heteroatoms. The van der Waals surface area contributed by atoms with Crippen molar-refractivity contribution in [1.29, 1.82) is 0 Å². The number of amides is 1. The molecule has 0 saturated heterocycles. The van der Waals surface area contributed by atoms with Crippen LogP contribution in [0.3, 0.4) is 0 Å². The van der Waals surface area contributed by atoms with Gasteiger partial charge in [-0.25, -0.2) is 0 Å². The molecule has 0 aliphatic carbocycles. The third-order valence-corrected chi connectivity index (χ3v) is 2.75. The van der Waals surface area contributed by atoms with Gasteiger partial charge < -0.3 is 10.1 Å².